The van der Waals surface area contributed by atoms with E-state index in [0.717, 1.165) is 12.0 Å². The Balaban J connectivity index is 2.08. The molecule has 1 aliphatic carbocycles. The van der Waals surface area contributed by atoms with Crippen molar-refractivity contribution in [1.29, 1.82) is 0 Å². The van der Waals surface area contributed by atoms with E-state index < -0.39 is 0 Å². The molecule has 0 saturated heterocycles. The Morgan fingerprint density at radius 1 is 1.35 bits per heavy atom. The van der Waals surface area contributed by atoms with E-state index in [1.807, 2.05) is 12.1 Å². The first-order chi connectivity index (χ1) is 8.11. The zero-order chi connectivity index (χ0) is 12.4. The van der Waals surface area contributed by atoms with Crippen molar-refractivity contribution in [3.05, 3.63) is 29.8 Å². The van der Waals surface area contributed by atoms with Gasteiger partial charge in [-0.3, -0.25) is 9.59 Å². The van der Waals surface area contributed by atoms with Gasteiger partial charge < -0.3 is 9.47 Å². The van der Waals surface area contributed by atoms with Gasteiger partial charge >= 0.3 is 11.9 Å². The molecule has 90 valence electrons. The van der Waals surface area contributed by atoms with E-state index in [1.54, 1.807) is 12.1 Å². The van der Waals surface area contributed by atoms with Gasteiger partial charge in [0.25, 0.3) is 0 Å². The zero-order valence-electron chi connectivity index (χ0n) is 9.80. The van der Waals surface area contributed by atoms with Crippen LogP contribution in [0.3, 0.4) is 0 Å². The summed E-state index contributed by atoms with van der Waals surface area (Å²) in [4.78, 5) is 22.1. The molecule has 0 heterocycles. The maximum atomic E-state index is 11.3. The minimum Gasteiger partial charge on any atom is -0.469 e. The van der Waals surface area contributed by atoms with Crippen LogP contribution >= 0.6 is 0 Å². The molecule has 0 aliphatic heterocycles. The molecule has 0 bridgehead atoms. The lowest BCUT2D eigenvalue weighted by Gasteiger charge is -2.04. The summed E-state index contributed by atoms with van der Waals surface area (Å²) in [6, 6.07) is 7.27. The molecule has 0 N–H and O–H groups in total. The maximum Gasteiger partial charge on any atom is 0.309 e. The molecule has 2 atom stereocenters. The Labute approximate surface area is 99.5 Å². The monoisotopic (exact) mass is 234 g/mol. The van der Waals surface area contributed by atoms with E-state index >= 15 is 0 Å². The summed E-state index contributed by atoms with van der Waals surface area (Å²) in [5.41, 5.74) is 1.01. The third kappa shape index (κ3) is 2.64. The van der Waals surface area contributed by atoms with Crippen LogP contribution in [0.25, 0.3) is 0 Å². The smallest absolute Gasteiger partial charge is 0.309 e. The fourth-order valence-corrected chi connectivity index (χ4v) is 1.95. The minimum absolute atomic E-state index is 0.0485. The molecule has 1 aliphatic rings. The van der Waals surface area contributed by atoms with Crippen LogP contribution in [0.4, 0.5) is 0 Å². The number of hydrogen-bond acceptors (Lipinski definition) is 4. The van der Waals surface area contributed by atoms with Crippen LogP contribution in [0, 0.1) is 5.92 Å². The first-order valence-electron chi connectivity index (χ1n) is 5.48. The Bertz CT molecular complexity index is 452. The second-order valence-electron chi connectivity index (χ2n) is 4.14. The Kier molecular flexibility index (Phi) is 3.13. The largest absolute Gasteiger partial charge is 0.469 e. The third-order valence-corrected chi connectivity index (χ3v) is 2.84. The van der Waals surface area contributed by atoms with E-state index in [0.29, 0.717) is 5.75 Å². The molecule has 2 unspecified atom stereocenters. The highest BCUT2D eigenvalue weighted by molar-refractivity contribution is 5.77. The third-order valence-electron chi connectivity index (χ3n) is 2.84. The van der Waals surface area contributed by atoms with E-state index in [1.165, 1.54) is 14.0 Å². The first-order valence-corrected chi connectivity index (χ1v) is 5.48. The van der Waals surface area contributed by atoms with E-state index in [2.05, 4.69) is 0 Å². The van der Waals surface area contributed by atoms with Gasteiger partial charge in [-0.05, 0) is 30.0 Å². The highest BCUT2D eigenvalue weighted by Gasteiger charge is 2.44. The van der Waals surface area contributed by atoms with Gasteiger partial charge in [0.2, 0.25) is 0 Å². The van der Waals surface area contributed by atoms with Crippen LogP contribution in [0.5, 0.6) is 5.75 Å². The number of carbonyl (C=O) groups is 2. The van der Waals surface area contributed by atoms with Gasteiger partial charge in [-0.25, -0.2) is 0 Å². The topological polar surface area (TPSA) is 52.6 Å². The quantitative estimate of drug-likeness (QED) is 0.592. The molecule has 2 rings (SSSR count). The molecular weight excluding hydrogens is 220 g/mol. The average molecular weight is 234 g/mol. The lowest BCUT2D eigenvalue weighted by atomic mass is 10.1. The summed E-state index contributed by atoms with van der Waals surface area (Å²) in [6.45, 7) is 1.36. The Morgan fingerprint density at radius 3 is 2.76 bits per heavy atom. The van der Waals surface area contributed by atoms with Crippen LogP contribution in [-0.2, 0) is 14.3 Å². The molecule has 1 aromatic rings. The van der Waals surface area contributed by atoms with Crippen molar-refractivity contribution in [3.8, 4) is 5.75 Å². The Hall–Kier alpha value is -1.84. The standard InChI is InChI=1S/C13H14O4/c1-8(14)17-10-5-3-4-9(6-10)11-7-12(11)13(15)16-2/h3-6,11-12H,7H2,1-2H3. The van der Waals surface area contributed by atoms with Crippen molar-refractivity contribution < 1.29 is 19.1 Å². The van der Waals surface area contributed by atoms with Crippen LogP contribution in [0.15, 0.2) is 24.3 Å². The first kappa shape index (κ1) is 11.6. The highest BCUT2D eigenvalue weighted by atomic mass is 16.5. The van der Waals surface area contributed by atoms with Gasteiger partial charge in [0, 0.05) is 6.92 Å². The minimum atomic E-state index is -0.345. The van der Waals surface area contributed by atoms with Gasteiger partial charge in [-0.1, -0.05) is 12.1 Å². The van der Waals surface area contributed by atoms with Crippen molar-refractivity contribution >= 4 is 11.9 Å². The average Bonchev–Trinajstić information content (AvgIpc) is 3.07. The molecule has 4 nitrogen and oxygen atoms in total. The van der Waals surface area contributed by atoms with Crippen LogP contribution in [-0.4, -0.2) is 19.0 Å². The van der Waals surface area contributed by atoms with Crippen LogP contribution in [0.1, 0.15) is 24.8 Å². The normalized spacial score (nSPS) is 21.8. The van der Waals surface area contributed by atoms with Gasteiger partial charge in [-0.2, -0.15) is 0 Å². The molecule has 0 aromatic heterocycles. The van der Waals surface area contributed by atoms with Crippen molar-refractivity contribution in [2.75, 3.05) is 7.11 Å². The summed E-state index contributed by atoms with van der Waals surface area (Å²) in [5.74, 6) is 0.145. The van der Waals surface area contributed by atoms with Crippen molar-refractivity contribution in [2.45, 2.75) is 19.3 Å². The number of ether oxygens (including phenoxy) is 2. The number of hydrogen-bond donors (Lipinski definition) is 0. The number of rotatable bonds is 3. The molecular formula is C13H14O4. The molecule has 1 fully saturated rings. The lowest BCUT2D eigenvalue weighted by molar-refractivity contribution is -0.142. The molecule has 1 saturated carbocycles. The number of carbonyl (C=O) groups excluding carboxylic acids is 2. The van der Waals surface area contributed by atoms with Gasteiger partial charge in [0.1, 0.15) is 5.75 Å². The number of esters is 2. The lowest BCUT2D eigenvalue weighted by Crippen LogP contribution is -2.04. The summed E-state index contributed by atoms with van der Waals surface area (Å²) < 4.78 is 9.70. The summed E-state index contributed by atoms with van der Waals surface area (Å²) in [5, 5.41) is 0. The highest BCUT2D eigenvalue weighted by Crippen LogP contribution is 2.48. The summed E-state index contributed by atoms with van der Waals surface area (Å²) in [7, 11) is 1.40. The predicted octanol–water partition coefficient (Wildman–Crippen LogP) is 1.89. The second kappa shape index (κ2) is 4.57. The van der Waals surface area contributed by atoms with E-state index in [-0.39, 0.29) is 23.8 Å². The van der Waals surface area contributed by atoms with Crippen LogP contribution < -0.4 is 4.74 Å². The van der Waals surface area contributed by atoms with Gasteiger partial charge in [0.15, 0.2) is 0 Å². The molecule has 0 spiro atoms. The van der Waals surface area contributed by atoms with E-state index in [4.69, 9.17) is 9.47 Å². The van der Waals surface area contributed by atoms with Crippen molar-refractivity contribution in [3.63, 3.8) is 0 Å². The molecule has 1 aromatic carbocycles. The fourth-order valence-electron chi connectivity index (χ4n) is 1.95. The second-order valence-corrected chi connectivity index (χ2v) is 4.14. The molecule has 0 amide bonds. The molecule has 0 radical (unpaired) electrons. The SMILES string of the molecule is COC(=O)C1CC1c1cccc(OC(C)=O)c1. The van der Waals surface area contributed by atoms with Gasteiger partial charge in [0.05, 0.1) is 13.0 Å². The van der Waals surface area contributed by atoms with Crippen molar-refractivity contribution in [2.24, 2.45) is 5.92 Å². The fraction of sp³-hybridized carbons (Fsp3) is 0.385. The van der Waals surface area contributed by atoms with E-state index in [9.17, 15) is 9.59 Å². The summed E-state index contributed by atoms with van der Waals surface area (Å²) >= 11 is 0. The Morgan fingerprint density at radius 2 is 2.12 bits per heavy atom. The van der Waals surface area contributed by atoms with Crippen LogP contribution in [0.2, 0.25) is 0 Å². The molecule has 17 heavy (non-hydrogen) atoms. The predicted molar refractivity (Wildman–Crippen MR) is 60.6 cm³/mol. The number of methoxy groups -OCH3 is 1. The van der Waals surface area contributed by atoms with Gasteiger partial charge in [-0.15, -0.1) is 0 Å². The summed E-state index contributed by atoms with van der Waals surface area (Å²) in [6.07, 6.45) is 0.802. The zero-order valence-corrected chi connectivity index (χ0v) is 9.80. The molecule has 4 heteroatoms. The maximum absolute atomic E-state index is 11.3. The van der Waals surface area contributed by atoms with Crippen molar-refractivity contribution in [1.82, 2.24) is 0 Å². The number of benzene rings is 1.